The largest absolute Gasteiger partial charge is 0.453 e. The summed E-state index contributed by atoms with van der Waals surface area (Å²) in [4.78, 5) is 23.4. The highest BCUT2D eigenvalue weighted by Gasteiger charge is 2.28. The molecule has 0 aliphatic heterocycles. The molecule has 2 N–H and O–H groups in total. The molecule has 0 aromatic heterocycles. The van der Waals surface area contributed by atoms with E-state index in [0.717, 1.165) is 23.5 Å². The summed E-state index contributed by atoms with van der Waals surface area (Å²) in [6, 6.07) is 7.70. The minimum absolute atomic E-state index is 0.387. The lowest BCUT2D eigenvalue weighted by molar-refractivity contribution is 0.136. The molecule has 0 aliphatic carbocycles. The fraction of sp³-hybridized carbons (Fsp3) is 0.680. The first-order valence-corrected chi connectivity index (χ1v) is 11.3. The molecule has 0 spiro atoms. The van der Waals surface area contributed by atoms with E-state index >= 15 is 0 Å². The molecule has 0 heterocycles. The first-order valence-electron chi connectivity index (χ1n) is 11.3. The first-order chi connectivity index (χ1) is 14.4. The average molecular weight is 437 g/mol. The summed E-state index contributed by atoms with van der Waals surface area (Å²) in [6.45, 7) is 16.7. The molecule has 1 aromatic carbocycles. The van der Waals surface area contributed by atoms with Crippen LogP contribution < -0.4 is 10.6 Å². The Labute approximate surface area is 189 Å². The van der Waals surface area contributed by atoms with Crippen LogP contribution in [0, 0.1) is 5.92 Å². The molecule has 0 saturated heterocycles. The number of methoxy groups -OCH3 is 1. The Hall–Kier alpha value is -2.24. The van der Waals surface area contributed by atoms with E-state index in [9.17, 15) is 9.59 Å². The SMILES string of the molecule is CCCC(C)CC.CCCOC(=O)NC(C)(C)c1cccc(C(C)(C)NC(=O)OC)c1. The van der Waals surface area contributed by atoms with Gasteiger partial charge in [0, 0.05) is 0 Å². The molecule has 0 fully saturated rings. The number of ether oxygens (including phenoxy) is 2. The fourth-order valence-corrected chi connectivity index (χ4v) is 2.93. The zero-order valence-corrected chi connectivity index (χ0v) is 21.1. The van der Waals surface area contributed by atoms with Crippen LogP contribution in [-0.2, 0) is 20.6 Å². The van der Waals surface area contributed by atoms with Crippen LogP contribution in [0.3, 0.4) is 0 Å². The van der Waals surface area contributed by atoms with E-state index in [2.05, 4.69) is 36.1 Å². The van der Waals surface area contributed by atoms with E-state index < -0.39 is 23.3 Å². The van der Waals surface area contributed by atoms with Gasteiger partial charge < -0.3 is 20.1 Å². The van der Waals surface area contributed by atoms with E-state index in [4.69, 9.17) is 4.74 Å². The molecule has 1 aromatic rings. The van der Waals surface area contributed by atoms with Crippen LogP contribution >= 0.6 is 0 Å². The Morgan fingerprint density at radius 3 is 1.84 bits per heavy atom. The van der Waals surface area contributed by atoms with Gasteiger partial charge >= 0.3 is 12.2 Å². The van der Waals surface area contributed by atoms with Crippen LogP contribution in [0.1, 0.15) is 92.2 Å². The Morgan fingerprint density at radius 2 is 1.45 bits per heavy atom. The monoisotopic (exact) mass is 436 g/mol. The topological polar surface area (TPSA) is 76.7 Å². The van der Waals surface area contributed by atoms with Gasteiger partial charge in [-0.1, -0.05) is 71.2 Å². The number of hydrogen-bond donors (Lipinski definition) is 2. The quantitative estimate of drug-likeness (QED) is 0.464. The van der Waals surface area contributed by atoms with E-state index in [1.807, 2.05) is 58.9 Å². The van der Waals surface area contributed by atoms with Crippen LogP contribution in [0.25, 0.3) is 0 Å². The molecule has 1 rings (SSSR count). The highest BCUT2D eigenvalue weighted by atomic mass is 16.5. The number of hydrogen-bond acceptors (Lipinski definition) is 4. The van der Waals surface area contributed by atoms with Gasteiger partial charge in [0.2, 0.25) is 0 Å². The van der Waals surface area contributed by atoms with Crippen LogP contribution in [0.5, 0.6) is 0 Å². The van der Waals surface area contributed by atoms with Crippen LogP contribution in [-0.4, -0.2) is 25.9 Å². The van der Waals surface area contributed by atoms with Crippen molar-refractivity contribution in [3.05, 3.63) is 35.4 Å². The molecule has 0 radical (unpaired) electrons. The van der Waals surface area contributed by atoms with Crippen molar-refractivity contribution >= 4 is 12.2 Å². The zero-order valence-electron chi connectivity index (χ0n) is 21.1. The molecule has 1 atom stereocenters. The fourth-order valence-electron chi connectivity index (χ4n) is 2.93. The van der Waals surface area contributed by atoms with Crippen molar-refractivity contribution < 1.29 is 19.1 Å². The molecule has 178 valence electrons. The Balaban J connectivity index is 0.00000110. The third-order valence-electron chi connectivity index (χ3n) is 5.24. The molecular formula is C25H44N2O4. The van der Waals surface area contributed by atoms with Gasteiger partial charge in [-0.2, -0.15) is 0 Å². The third kappa shape index (κ3) is 11.1. The van der Waals surface area contributed by atoms with Gasteiger partial charge in [0.15, 0.2) is 0 Å². The van der Waals surface area contributed by atoms with Gasteiger partial charge in [0.1, 0.15) is 0 Å². The van der Waals surface area contributed by atoms with E-state index in [1.165, 1.54) is 26.4 Å². The highest BCUT2D eigenvalue weighted by molar-refractivity contribution is 5.69. The van der Waals surface area contributed by atoms with Crippen molar-refractivity contribution in [2.24, 2.45) is 5.92 Å². The second-order valence-electron chi connectivity index (χ2n) is 9.01. The first kappa shape index (κ1) is 28.8. The zero-order chi connectivity index (χ0) is 24.1. The minimum atomic E-state index is -0.609. The Bertz CT molecular complexity index is 671. The van der Waals surface area contributed by atoms with E-state index in [0.29, 0.717) is 6.61 Å². The smallest absolute Gasteiger partial charge is 0.407 e. The summed E-state index contributed by atoms with van der Waals surface area (Å²) in [6.07, 6.45) is 3.92. The lowest BCUT2D eigenvalue weighted by atomic mass is 9.87. The van der Waals surface area contributed by atoms with Crippen molar-refractivity contribution in [1.82, 2.24) is 10.6 Å². The maximum Gasteiger partial charge on any atom is 0.407 e. The van der Waals surface area contributed by atoms with Gasteiger partial charge in [-0.25, -0.2) is 9.59 Å². The average Bonchev–Trinajstić information content (AvgIpc) is 2.72. The molecule has 0 bridgehead atoms. The van der Waals surface area contributed by atoms with Gasteiger partial charge in [-0.05, 0) is 51.2 Å². The molecule has 6 heteroatoms. The summed E-state index contributed by atoms with van der Waals surface area (Å²) >= 11 is 0. The van der Waals surface area contributed by atoms with Crippen molar-refractivity contribution in [3.63, 3.8) is 0 Å². The summed E-state index contributed by atoms with van der Waals surface area (Å²) in [5.74, 6) is 0.949. The number of carbonyl (C=O) groups is 2. The summed E-state index contributed by atoms with van der Waals surface area (Å²) in [5.41, 5.74) is 0.597. The van der Waals surface area contributed by atoms with Gasteiger partial charge in [0.25, 0.3) is 0 Å². The molecule has 31 heavy (non-hydrogen) atoms. The standard InChI is InChI=1S/C18H28N2O4.C7H16/c1-7-11-24-16(22)20-18(4,5)14-10-8-9-13(12-14)17(2,3)19-15(21)23-6;1-4-6-7(3)5-2/h8-10,12H,7,11H2,1-6H3,(H,19,21)(H,20,22);7H,4-6H2,1-3H3. The highest BCUT2D eigenvalue weighted by Crippen LogP contribution is 2.26. The Morgan fingerprint density at radius 1 is 0.935 bits per heavy atom. The van der Waals surface area contributed by atoms with Crippen LogP contribution in [0.4, 0.5) is 9.59 Å². The van der Waals surface area contributed by atoms with Gasteiger partial charge in [-0.15, -0.1) is 0 Å². The number of nitrogens with one attached hydrogen (secondary N) is 2. The number of amides is 2. The predicted molar refractivity (Wildman–Crippen MR) is 127 cm³/mol. The van der Waals surface area contributed by atoms with Crippen molar-refractivity contribution in [2.75, 3.05) is 13.7 Å². The lowest BCUT2D eigenvalue weighted by Gasteiger charge is -2.30. The maximum atomic E-state index is 11.9. The maximum absolute atomic E-state index is 11.9. The summed E-state index contributed by atoms with van der Waals surface area (Å²) < 4.78 is 9.76. The second-order valence-corrected chi connectivity index (χ2v) is 9.01. The minimum Gasteiger partial charge on any atom is -0.453 e. The van der Waals surface area contributed by atoms with Crippen LogP contribution in [0.15, 0.2) is 24.3 Å². The number of benzene rings is 1. The summed E-state index contributed by atoms with van der Waals surface area (Å²) in [5, 5.41) is 5.66. The van der Waals surface area contributed by atoms with E-state index in [-0.39, 0.29) is 0 Å². The molecule has 2 amide bonds. The molecule has 6 nitrogen and oxygen atoms in total. The molecular weight excluding hydrogens is 392 g/mol. The number of rotatable bonds is 9. The van der Waals surface area contributed by atoms with Crippen molar-refractivity contribution in [2.45, 2.75) is 92.2 Å². The second kappa shape index (κ2) is 13.9. The number of alkyl carbamates (subject to hydrolysis) is 2. The Kier molecular flexibility index (Phi) is 12.9. The molecule has 1 unspecified atom stereocenters. The summed E-state index contributed by atoms with van der Waals surface area (Å²) in [7, 11) is 1.33. The predicted octanol–water partition coefficient (Wildman–Crippen LogP) is 6.48. The van der Waals surface area contributed by atoms with Crippen molar-refractivity contribution in [1.29, 1.82) is 0 Å². The molecule has 0 aliphatic rings. The van der Waals surface area contributed by atoms with Crippen molar-refractivity contribution in [3.8, 4) is 0 Å². The third-order valence-corrected chi connectivity index (χ3v) is 5.24. The van der Waals surface area contributed by atoms with E-state index in [1.54, 1.807) is 0 Å². The number of carbonyl (C=O) groups excluding carboxylic acids is 2. The molecule has 0 saturated carbocycles. The van der Waals surface area contributed by atoms with Crippen LogP contribution in [0.2, 0.25) is 0 Å². The normalized spacial score (nSPS) is 12.2. The lowest BCUT2D eigenvalue weighted by Crippen LogP contribution is -2.43. The van der Waals surface area contributed by atoms with Gasteiger partial charge in [0.05, 0.1) is 24.8 Å². The van der Waals surface area contributed by atoms with Gasteiger partial charge in [-0.3, -0.25) is 0 Å².